The molecule has 1 aliphatic heterocycles. The number of nitrogens with two attached hydrogens (primary N) is 1. The number of thiocarbonyl (C=S) groups is 1. The summed E-state index contributed by atoms with van der Waals surface area (Å²) in [7, 11) is 0. The van der Waals surface area contributed by atoms with Crippen LogP contribution in [0, 0.1) is 5.82 Å². The van der Waals surface area contributed by atoms with Crippen molar-refractivity contribution in [1.29, 1.82) is 0 Å². The van der Waals surface area contributed by atoms with E-state index in [1.165, 1.54) is 6.07 Å². The van der Waals surface area contributed by atoms with Crippen LogP contribution < -0.4 is 11.2 Å². The number of nitrogens with one attached hydrogen (secondary N) is 1. The van der Waals surface area contributed by atoms with Crippen LogP contribution in [0.2, 0.25) is 0 Å². The molecule has 0 saturated carbocycles. The van der Waals surface area contributed by atoms with E-state index in [4.69, 9.17) is 5.73 Å². The molecule has 1 aromatic rings. The van der Waals surface area contributed by atoms with Gasteiger partial charge in [-0.2, -0.15) is 16.9 Å². The number of nitrogens with zero attached hydrogens (tertiary/aromatic N) is 2. The highest BCUT2D eigenvalue weighted by atomic mass is 32.2. The van der Waals surface area contributed by atoms with E-state index in [0.717, 1.165) is 42.3 Å². The van der Waals surface area contributed by atoms with Gasteiger partial charge in [-0.1, -0.05) is 6.07 Å². The molecule has 0 aromatic heterocycles. The second kappa shape index (κ2) is 7.56. The van der Waals surface area contributed by atoms with Crippen LogP contribution in [0.1, 0.15) is 11.1 Å². The molecule has 3 N–H and O–H groups in total. The maximum absolute atomic E-state index is 13.4. The van der Waals surface area contributed by atoms with Crippen molar-refractivity contribution < 1.29 is 4.39 Å². The summed E-state index contributed by atoms with van der Waals surface area (Å²) in [6.45, 7) is 2.79. The van der Waals surface area contributed by atoms with E-state index in [1.807, 2.05) is 11.8 Å². The number of hydrazone groups is 1. The molecule has 0 unspecified atom stereocenters. The highest BCUT2D eigenvalue weighted by molar-refractivity contribution is 7.99. The maximum atomic E-state index is 13.4. The third kappa shape index (κ3) is 4.73. The zero-order valence-electron chi connectivity index (χ0n) is 11.0. The highest BCUT2D eigenvalue weighted by Gasteiger charge is 2.12. The van der Waals surface area contributed by atoms with Gasteiger partial charge < -0.3 is 5.73 Å². The average molecular weight is 312 g/mol. The average Bonchev–Trinajstić information content (AvgIpc) is 2.42. The van der Waals surface area contributed by atoms with E-state index >= 15 is 0 Å². The summed E-state index contributed by atoms with van der Waals surface area (Å²) in [6.07, 6.45) is 1.62. The molecular weight excluding hydrogens is 295 g/mol. The zero-order valence-corrected chi connectivity index (χ0v) is 12.6. The zero-order chi connectivity index (χ0) is 14.4. The Morgan fingerprint density at radius 1 is 1.50 bits per heavy atom. The molecule has 1 heterocycles. The van der Waals surface area contributed by atoms with Gasteiger partial charge in [0.25, 0.3) is 0 Å². The topological polar surface area (TPSA) is 53.6 Å². The van der Waals surface area contributed by atoms with Crippen LogP contribution in [0.4, 0.5) is 4.39 Å². The fourth-order valence-corrected chi connectivity index (χ4v) is 3.03. The summed E-state index contributed by atoms with van der Waals surface area (Å²) >= 11 is 6.63. The standard InChI is InChI=1S/C13H17FN4S2/c14-12-2-1-10(8-16-17-13(15)19)11(7-12)9-18-3-5-20-6-4-18/h1-2,7-8H,3-6,9H2,(H3,15,17,19). The van der Waals surface area contributed by atoms with Crippen LogP contribution in [0.5, 0.6) is 0 Å². The lowest BCUT2D eigenvalue weighted by atomic mass is 10.1. The molecule has 4 nitrogen and oxygen atoms in total. The fourth-order valence-electron chi connectivity index (χ4n) is 2.00. The summed E-state index contributed by atoms with van der Waals surface area (Å²) < 4.78 is 13.4. The SMILES string of the molecule is NC(=S)NN=Cc1ccc(F)cc1CN1CCSCC1. The summed E-state index contributed by atoms with van der Waals surface area (Å²) in [6, 6.07) is 4.70. The molecule has 0 amide bonds. The van der Waals surface area contributed by atoms with Gasteiger partial charge in [-0.05, 0) is 35.5 Å². The Morgan fingerprint density at radius 3 is 2.95 bits per heavy atom. The van der Waals surface area contributed by atoms with Crippen molar-refractivity contribution in [2.75, 3.05) is 24.6 Å². The lowest BCUT2D eigenvalue weighted by Gasteiger charge is -2.26. The second-order valence-corrected chi connectivity index (χ2v) is 6.13. The molecule has 1 fully saturated rings. The van der Waals surface area contributed by atoms with E-state index in [0.29, 0.717) is 0 Å². The molecule has 0 atom stereocenters. The highest BCUT2D eigenvalue weighted by Crippen LogP contribution is 2.16. The summed E-state index contributed by atoms with van der Waals surface area (Å²) in [4.78, 5) is 2.32. The smallest absolute Gasteiger partial charge is 0.184 e. The predicted molar refractivity (Wildman–Crippen MR) is 86.5 cm³/mol. The van der Waals surface area contributed by atoms with Gasteiger partial charge in [-0.15, -0.1) is 0 Å². The normalized spacial score (nSPS) is 16.4. The van der Waals surface area contributed by atoms with Crippen molar-refractivity contribution in [3.8, 4) is 0 Å². The first-order valence-corrected chi connectivity index (χ1v) is 7.88. The van der Waals surface area contributed by atoms with Gasteiger partial charge in [0.2, 0.25) is 0 Å². The lowest BCUT2D eigenvalue weighted by molar-refractivity contribution is 0.294. The Labute approximate surface area is 127 Å². The maximum Gasteiger partial charge on any atom is 0.184 e. The number of rotatable bonds is 4. The number of hydrogen-bond donors (Lipinski definition) is 2. The molecule has 1 saturated heterocycles. The van der Waals surface area contributed by atoms with Gasteiger partial charge in [-0.25, -0.2) is 4.39 Å². The van der Waals surface area contributed by atoms with E-state index in [-0.39, 0.29) is 10.9 Å². The third-order valence-corrected chi connectivity index (χ3v) is 4.01. The monoisotopic (exact) mass is 312 g/mol. The minimum Gasteiger partial charge on any atom is -0.375 e. The van der Waals surface area contributed by atoms with Crippen molar-refractivity contribution in [2.24, 2.45) is 10.8 Å². The Morgan fingerprint density at radius 2 is 2.25 bits per heavy atom. The summed E-state index contributed by atoms with van der Waals surface area (Å²) in [5, 5.41) is 4.05. The molecule has 0 spiro atoms. The van der Waals surface area contributed by atoms with Crippen LogP contribution >= 0.6 is 24.0 Å². The van der Waals surface area contributed by atoms with Crippen molar-refractivity contribution in [1.82, 2.24) is 10.3 Å². The van der Waals surface area contributed by atoms with Crippen molar-refractivity contribution in [2.45, 2.75) is 6.54 Å². The van der Waals surface area contributed by atoms with Gasteiger partial charge in [0.05, 0.1) is 6.21 Å². The molecular formula is C13H17FN4S2. The van der Waals surface area contributed by atoms with Crippen LogP contribution in [0.3, 0.4) is 0 Å². The Hall–Kier alpha value is -1.18. The minimum atomic E-state index is -0.231. The van der Waals surface area contributed by atoms with Crippen molar-refractivity contribution >= 4 is 35.3 Å². The van der Waals surface area contributed by atoms with E-state index in [1.54, 1.807) is 18.3 Å². The first-order valence-electron chi connectivity index (χ1n) is 6.32. The minimum absolute atomic E-state index is 0.109. The van der Waals surface area contributed by atoms with E-state index in [9.17, 15) is 4.39 Å². The van der Waals surface area contributed by atoms with Gasteiger partial charge in [0.1, 0.15) is 5.82 Å². The first kappa shape index (κ1) is 15.2. The molecule has 7 heteroatoms. The second-order valence-electron chi connectivity index (χ2n) is 4.47. The molecule has 1 aromatic carbocycles. The van der Waals surface area contributed by atoms with Crippen molar-refractivity contribution in [3.05, 3.63) is 35.1 Å². The summed E-state index contributed by atoms with van der Waals surface area (Å²) in [5.74, 6) is 2.02. The van der Waals surface area contributed by atoms with Crippen LogP contribution in [0.15, 0.2) is 23.3 Å². The summed E-state index contributed by atoms with van der Waals surface area (Å²) in [5.41, 5.74) is 9.60. The van der Waals surface area contributed by atoms with Gasteiger partial charge >= 0.3 is 0 Å². The van der Waals surface area contributed by atoms with Crippen LogP contribution in [0.25, 0.3) is 0 Å². The molecule has 108 valence electrons. The number of hydrogen-bond acceptors (Lipinski definition) is 4. The van der Waals surface area contributed by atoms with E-state index < -0.39 is 0 Å². The molecule has 20 heavy (non-hydrogen) atoms. The van der Waals surface area contributed by atoms with Gasteiger partial charge in [0.15, 0.2) is 5.11 Å². The predicted octanol–water partition coefficient (Wildman–Crippen LogP) is 1.54. The Balaban J connectivity index is 2.10. The Bertz CT molecular complexity index is 501. The lowest BCUT2D eigenvalue weighted by Crippen LogP contribution is -2.32. The third-order valence-electron chi connectivity index (χ3n) is 2.98. The van der Waals surface area contributed by atoms with Crippen LogP contribution in [-0.2, 0) is 6.54 Å². The number of benzene rings is 1. The van der Waals surface area contributed by atoms with E-state index in [2.05, 4.69) is 27.6 Å². The fraction of sp³-hybridized carbons (Fsp3) is 0.385. The quantitative estimate of drug-likeness (QED) is 0.502. The van der Waals surface area contributed by atoms with Gasteiger partial charge in [0, 0.05) is 31.1 Å². The molecule has 1 aliphatic rings. The molecule has 0 bridgehead atoms. The molecule has 2 rings (SSSR count). The van der Waals surface area contributed by atoms with Crippen LogP contribution in [-0.4, -0.2) is 40.8 Å². The van der Waals surface area contributed by atoms with Gasteiger partial charge in [-0.3, -0.25) is 10.3 Å². The number of thioether (sulfide) groups is 1. The molecule has 0 aliphatic carbocycles. The molecule has 0 radical (unpaired) electrons. The Kier molecular flexibility index (Phi) is 5.75. The number of halogens is 1. The van der Waals surface area contributed by atoms with Crippen molar-refractivity contribution in [3.63, 3.8) is 0 Å². The first-order chi connectivity index (χ1) is 9.65. The largest absolute Gasteiger partial charge is 0.375 e.